The Morgan fingerprint density at radius 2 is 2.44 bits per heavy atom. The van der Waals surface area contributed by atoms with E-state index in [0.717, 1.165) is 4.34 Å². The lowest BCUT2D eigenvalue weighted by Crippen LogP contribution is -2.42. The molecular formula is C8H11N3O3S2. The number of carbonyl (C=O) groups excluding carboxylic acids is 2. The summed E-state index contributed by atoms with van der Waals surface area (Å²) in [6.07, 6.45) is 1.44. The molecule has 6 nitrogen and oxygen atoms in total. The molecule has 1 amide bonds. The van der Waals surface area contributed by atoms with Crippen LogP contribution in [0.2, 0.25) is 0 Å². The normalized spacial score (nSPS) is 11.9. The molecule has 0 aromatic carbocycles. The number of methoxy groups -OCH3 is 1. The summed E-state index contributed by atoms with van der Waals surface area (Å²) in [5, 5.41) is 2.52. The molecule has 0 radical (unpaired) electrons. The molecule has 0 bridgehead atoms. The molecule has 1 aromatic rings. The van der Waals surface area contributed by atoms with Crippen molar-refractivity contribution in [1.29, 1.82) is 0 Å². The van der Waals surface area contributed by atoms with Crippen molar-refractivity contribution in [3.63, 3.8) is 0 Å². The van der Waals surface area contributed by atoms with E-state index in [9.17, 15) is 9.59 Å². The molecule has 1 N–H and O–H groups in total. The van der Waals surface area contributed by atoms with Gasteiger partial charge in [-0.25, -0.2) is 9.78 Å². The molecule has 1 atom stereocenters. The summed E-state index contributed by atoms with van der Waals surface area (Å²) in [5.41, 5.74) is 0. The smallest absolute Gasteiger partial charge is 0.329 e. The molecule has 1 rings (SSSR count). The third kappa shape index (κ3) is 4.15. The molecule has 0 aliphatic carbocycles. The van der Waals surface area contributed by atoms with Gasteiger partial charge >= 0.3 is 5.97 Å². The minimum atomic E-state index is -0.656. The second-order valence-electron chi connectivity index (χ2n) is 2.79. The Morgan fingerprint density at radius 1 is 1.69 bits per heavy atom. The second-order valence-corrected chi connectivity index (χ2v) is 4.84. The molecule has 0 aliphatic heterocycles. The molecule has 0 saturated heterocycles. The highest BCUT2D eigenvalue weighted by Crippen LogP contribution is 2.19. The van der Waals surface area contributed by atoms with Crippen LogP contribution in [0.25, 0.3) is 0 Å². The molecule has 0 fully saturated rings. The van der Waals surface area contributed by atoms with E-state index in [1.807, 2.05) is 0 Å². The van der Waals surface area contributed by atoms with E-state index >= 15 is 0 Å². The van der Waals surface area contributed by atoms with Gasteiger partial charge in [-0.2, -0.15) is 4.37 Å². The highest BCUT2D eigenvalue weighted by atomic mass is 32.2. The molecule has 16 heavy (non-hydrogen) atoms. The van der Waals surface area contributed by atoms with Crippen molar-refractivity contribution in [3.05, 3.63) is 6.33 Å². The first-order chi connectivity index (χ1) is 7.63. The minimum absolute atomic E-state index is 0.270. The first-order valence-electron chi connectivity index (χ1n) is 4.38. The number of hydrogen-bond acceptors (Lipinski definition) is 7. The van der Waals surface area contributed by atoms with Crippen molar-refractivity contribution in [3.8, 4) is 0 Å². The van der Waals surface area contributed by atoms with Crippen LogP contribution in [0.4, 0.5) is 0 Å². The Hall–Kier alpha value is -1.15. The number of carbonyl (C=O) groups is 2. The maximum absolute atomic E-state index is 11.3. The number of hydrogen-bond donors (Lipinski definition) is 1. The van der Waals surface area contributed by atoms with Crippen LogP contribution >= 0.6 is 23.3 Å². The van der Waals surface area contributed by atoms with Gasteiger partial charge in [-0.1, -0.05) is 11.8 Å². The maximum Gasteiger partial charge on any atom is 0.329 e. The summed E-state index contributed by atoms with van der Waals surface area (Å²) in [5.74, 6) is -0.359. The van der Waals surface area contributed by atoms with Crippen molar-refractivity contribution in [2.45, 2.75) is 17.3 Å². The average molecular weight is 261 g/mol. The molecule has 88 valence electrons. The van der Waals surface area contributed by atoms with E-state index in [4.69, 9.17) is 0 Å². The lowest BCUT2D eigenvalue weighted by atomic mass is 10.3. The second kappa shape index (κ2) is 6.44. The highest BCUT2D eigenvalue weighted by Gasteiger charge is 2.20. The Balaban J connectivity index is 2.50. The predicted octanol–water partition coefficient (Wildman–Crippen LogP) is 0.308. The number of thioether (sulfide) groups is 1. The molecule has 0 saturated carbocycles. The van der Waals surface area contributed by atoms with Crippen molar-refractivity contribution in [1.82, 2.24) is 14.7 Å². The number of nitrogens with one attached hydrogen (secondary N) is 1. The number of amides is 1. The fourth-order valence-corrected chi connectivity index (χ4v) is 2.41. The molecule has 1 unspecified atom stereocenters. The van der Waals surface area contributed by atoms with Gasteiger partial charge in [0, 0.05) is 12.7 Å². The topological polar surface area (TPSA) is 81.2 Å². The summed E-state index contributed by atoms with van der Waals surface area (Å²) in [7, 11) is 1.28. The van der Waals surface area contributed by atoms with Crippen molar-refractivity contribution < 1.29 is 14.3 Å². The van der Waals surface area contributed by atoms with E-state index in [2.05, 4.69) is 19.4 Å². The lowest BCUT2D eigenvalue weighted by molar-refractivity contribution is -0.144. The Morgan fingerprint density at radius 3 is 2.94 bits per heavy atom. The fraction of sp³-hybridized carbons (Fsp3) is 0.500. The summed E-state index contributed by atoms with van der Waals surface area (Å²) >= 11 is 2.59. The Bertz CT molecular complexity index is 355. The molecule has 0 spiro atoms. The highest BCUT2D eigenvalue weighted by molar-refractivity contribution is 8.01. The summed E-state index contributed by atoms with van der Waals surface area (Å²) in [6.45, 7) is 1.35. The lowest BCUT2D eigenvalue weighted by Gasteiger charge is -2.13. The van der Waals surface area contributed by atoms with Crippen LogP contribution in [-0.2, 0) is 14.3 Å². The fourth-order valence-electron chi connectivity index (χ4n) is 0.937. The van der Waals surface area contributed by atoms with Crippen LogP contribution in [0.1, 0.15) is 6.92 Å². The van der Waals surface area contributed by atoms with Crippen LogP contribution in [0.15, 0.2) is 10.7 Å². The number of esters is 1. The number of rotatable bonds is 5. The van der Waals surface area contributed by atoms with Gasteiger partial charge in [-0.15, -0.1) is 0 Å². The van der Waals surface area contributed by atoms with Gasteiger partial charge in [0.25, 0.3) is 0 Å². The van der Waals surface area contributed by atoms with E-state index in [1.165, 1.54) is 43.7 Å². The van der Waals surface area contributed by atoms with Crippen LogP contribution < -0.4 is 5.32 Å². The van der Waals surface area contributed by atoms with Crippen molar-refractivity contribution >= 4 is 35.2 Å². The number of nitrogens with zero attached hydrogens (tertiary/aromatic N) is 2. The van der Waals surface area contributed by atoms with Crippen LogP contribution in [-0.4, -0.2) is 40.1 Å². The standard InChI is InChI=1S/C8H11N3O3S2/c1-5(12)11-6(7(13)14-2)3-15-8-9-4-10-16-8/h4,6H,3H2,1-2H3,(H,11,12). The van der Waals surface area contributed by atoms with Gasteiger partial charge in [0.15, 0.2) is 4.34 Å². The van der Waals surface area contributed by atoms with Crippen molar-refractivity contribution in [2.75, 3.05) is 12.9 Å². The molecule has 0 aliphatic rings. The molecular weight excluding hydrogens is 250 g/mol. The zero-order valence-corrected chi connectivity index (χ0v) is 10.4. The largest absolute Gasteiger partial charge is 0.467 e. The SMILES string of the molecule is COC(=O)C(CSc1ncns1)NC(C)=O. The van der Waals surface area contributed by atoms with Gasteiger partial charge in [0.2, 0.25) is 5.91 Å². The third-order valence-corrected chi connectivity index (χ3v) is 3.47. The van der Waals surface area contributed by atoms with E-state index in [1.54, 1.807) is 0 Å². The zero-order chi connectivity index (χ0) is 12.0. The predicted molar refractivity (Wildman–Crippen MR) is 60.3 cm³/mol. The van der Waals surface area contributed by atoms with Crippen LogP contribution in [0.5, 0.6) is 0 Å². The van der Waals surface area contributed by atoms with E-state index in [-0.39, 0.29) is 5.91 Å². The molecule has 1 heterocycles. The monoisotopic (exact) mass is 261 g/mol. The van der Waals surface area contributed by atoms with E-state index < -0.39 is 12.0 Å². The number of aromatic nitrogens is 2. The van der Waals surface area contributed by atoms with Gasteiger partial charge in [0.1, 0.15) is 12.4 Å². The van der Waals surface area contributed by atoms with Crippen LogP contribution in [0.3, 0.4) is 0 Å². The first kappa shape index (κ1) is 12.9. The zero-order valence-electron chi connectivity index (χ0n) is 8.80. The van der Waals surface area contributed by atoms with Gasteiger partial charge in [-0.05, 0) is 11.5 Å². The first-order valence-corrected chi connectivity index (χ1v) is 6.13. The molecule has 1 aromatic heterocycles. The summed E-state index contributed by atoms with van der Waals surface area (Å²) < 4.78 is 9.17. The van der Waals surface area contributed by atoms with Crippen LogP contribution in [0, 0.1) is 0 Å². The third-order valence-electron chi connectivity index (χ3n) is 1.58. The summed E-state index contributed by atoms with van der Waals surface area (Å²) in [6, 6.07) is -0.656. The van der Waals surface area contributed by atoms with Gasteiger partial charge < -0.3 is 10.1 Å². The maximum atomic E-state index is 11.3. The average Bonchev–Trinajstić information content (AvgIpc) is 2.75. The van der Waals surface area contributed by atoms with Crippen molar-refractivity contribution in [2.24, 2.45) is 0 Å². The summed E-state index contributed by atoms with van der Waals surface area (Å²) in [4.78, 5) is 26.2. The van der Waals surface area contributed by atoms with Gasteiger partial charge in [0.05, 0.1) is 7.11 Å². The Labute approximate surface area is 101 Å². The molecule has 8 heteroatoms. The minimum Gasteiger partial charge on any atom is -0.467 e. The van der Waals surface area contributed by atoms with E-state index in [0.29, 0.717) is 5.75 Å². The Kier molecular flexibility index (Phi) is 5.20. The number of ether oxygens (including phenoxy) is 1. The quantitative estimate of drug-likeness (QED) is 0.607. The van der Waals surface area contributed by atoms with Gasteiger partial charge in [-0.3, -0.25) is 4.79 Å².